The summed E-state index contributed by atoms with van der Waals surface area (Å²) < 4.78 is 5.26. The van der Waals surface area contributed by atoms with Crippen LogP contribution in [0, 0.1) is 0 Å². The first-order valence-electron chi connectivity index (χ1n) is 5.30. The van der Waals surface area contributed by atoms with Crippen LogP contribution >= 0.6 is 0 Å². The predicted molar refractivity (Wildman–Crippen MR) is 56.6 cm³/mol. The van der Waals surface area contributed by atoms with E-state index in [0.717, 1.165) is 19.4 Å². The summed E-state index contributed by atoms with van der Waals surface area (Å²) in [5.41, 5.74) is 5.58. The maximum absolute atomic E-state index is 11.5. The monoisotopic (exact) mass is 225 g/mol. The molecular weight excluding hydrogens is 210 g/mol. The molecule has 1 aliphatic heterocycles. The molecule has 1 aliphatic rings. The van der Waals surface area contributed by atoms with Crippen LogP contribution in [0.4, 0.5) is 6.01 Å². The number of hydrogen-bond donors (Lipinski definition) is 3. The molecule has 0 bridgehead atoms. The van der Waals surface area contributed by atoms with Gasteiger partial charge in [-0.05, 0) is 19.8 Å². The van der Waals surface area contributed by atoms with Crippen molar-refractivity contribution in [2.75, 3.05) is 11.9 Å². The number of nitrogens with zero attached hydrogens (tertiary/aromatic N) is 2. The second-order valence-corrected chi connectivity index (χ2v) is 3.86. The molecule has 0 aliphatic carbocycles. The fourth-order valence-electron chi connectivity index (χ4n) is 1.54. The molecule has 0 spiro atoms. The number of aromatic nitrogens is 2. The van der Waals surface area contributed by atoms with Crippen LogP contribution in [-0.2, 0) is 4.79 Å². The van der Waals surface area contributed by atoms with Gasteiger partial charge >= 0.3 is 6.01 Å². The van der Waals surface area contributed by atoms with Gasteiger partial charge in [0, 0.05) is 6.54 Å². The molecule has 1 aromatic heterocycles. The van der Waals surface area contributed by atoms with Crippen LogP contribution in [0.25, 0.3) is 0 Å². The van der Waals surface area contributed by atoms with Gasteiger partial charge in [0.05, 0.1) is 6.04 Å². The fourth-order valence-corrected chi connectivity index (χ4v) is 1.54. The Balaban J connectivity index is 1.99. The first-order valence-corrected chi connectivity index (χ1v) is 5.30. The van der Waals surface area contributed by atoms with Crippen molar-refractivity contribution in [3.05, 3.63) is 5.89 Å². The van der Waals surface area contributed by atoms with Gasteiger partial charge in [0.25, 0.3) is 0 Å². The van der Waals surface area contributed by atoms with Crippen LogP contribution in [0.3, 0.4) is 0 Å². The van der Waals surface area contributed by atoms with E-state index in [1.165, 1.54) is 0 Å². The molecule has 7 nitrogen and oxygen atoms in total. The molecule has 1 fully saturated rings. The number of carbonyl (C=O) groups excluding carboxylic acids is 1. The smallest absolute Gasteiger partial charge is 0.316 e. The predicted octanol–water partition coefficient (Wildman–Crippen LogP) is -0.220. The lowest BCUT2D eigenvalue weighted by Gasteiger charge is -2.21. The number of carbonyl (C=O) groups is 1. The third-order valence-electron chi connectivity index (χ3n) is 2.41. The molecule has 2 heterocycles. The van der Waals surface area contributed by atoms with E-state index in [0.29, 0.717) is 5.89 Å². The van der Waals surface area contributed by atoms with Crippen LogP contribution in [0.5, 0.6) is 0 Å². The van der Waals surface area contributed by atoms with Gasteiger partial charge in [-0.3, -0.25) is 4.79 Å². The Hall–Kier alpha value is -1.63. The molecule has 7 heteroatoms. The molecule has 0 radical (unpaired) electrons. The lowest BCUT2D eigenvalue weighted by atomic mass is 10.1. The minimum absolute atomic E-state index is 0.0354. The van der Waals surface area contributed by atoms with Gasteiger partial charge in [0.15, 0.2) is 0 Å². The highest BCUT2D eigenvalue weighted by Gasteiger charge is 2.23. The van der Waals surface area contributed by atoms with Crippen molar-refractivity contribution in [3.63, 3.8) is 0 Å². The number of nitrogens with two attached hydrogens (primary N) is 1. The van der Waals surface area contributed by atoms with Gasteiger partial charge in [-0.1, -0.05) is 5.10 Å². The van der Waals surface area contributed by atoms with Crippen LogP contribution in [0.2, 0.25) is 0 Å². The molecule has 1 aromatic rings. The molecule has 2 rings (SSSR count). The third kappa shape index (κ3) is 2.30. The minimum Gasteiger partial charge on any atom is -0.406 e. The van der Waals surface area contributed by atoms with E-state index >= 15 is 0 Å². The van der Waals surface area contributed by atoms with Crippen molar-refractivity contribution < 1.29 is 9.21 Å². The van der Waals surface area contributed by atoms with E-state index in [1.807, 2.05) is 0 Å². The summed E-state index contributed by atoms with van der Waals surface area (Å²) >= 11 is 0. The highest BCUT2D eigenvalue weighted by atomic mass is 16.4. The SMILES string of the molecule is CC(N)c1nnc(NC2CCCNC2=O)o1. The average Bonchev–Trinajstić information content (AvgIpc) is 2.70. The second kappa shape index (κ2) is 4.48. The zero-order valence-electron chi connectivity index (χ0n) is 9.06. The van der Waals surface area contributed by atoms with E-state index in [4.69, 9.17) is 10.2 Å². The third-order valence-corrected chi connectivity index (χ3v) is 2.41. The van der Waals surface area contributed by atoms with Gasteiger partial charge in [-0.2, -0.15) is 0 Å². The number of anilines is 1. The fraction of sp³-hybridized carbons (Fsp3) is 0.667. The van der Waals surface area contributed by atoms with Gasteiger partial charge in [0.2, 0.25) is 11.8 Å². The first-order chi connectivity index (χ1) is 7.66. The van der Waals surface area contributed by atoms with Crippen molar-refractivity contribution in [3.8, 4) is 0 Å². The van der Waals surface area contributed by atoms with E-state index in [-0.39, 0.29) is 24.0 Å². The molecule has 0 aromatic carbocycles. The highest BCUT2D eigenvalue weighted by Crippen LogP contribution is 2.14. The van der Waals surface area contributed by atoms with Crippen molar-refractivity contribution in [2.45, 2.75) is 31.8 Å². The number of rotatable bonds is 3. The van der Waals surface area contributed by atoms with Gasteiger partial charge in [-0.25, -0.2) is 0 Å². The Morgan fingerprint density at radius 3 is 3.06 bits per heavy atom. The van der Waals surface area contributed by atoms with Crippen molar-refractivity contribution in [2.24, 2.45) is 5.73 Å². The number of nitrogens with one attached hydrogen (secondary N) is 2. The summed E-state index contributed by atoms with van der Waals surface area (Å²) in [6, 6.07) is -0.354. The quantitative estimate of drug-likeness (QED) is 0.656. The van der Waals surface area contributed by atoms with Crippen molar-refractivity contribution >= 4 is 11.9 Å². The molecule has 0 saturated carbocycles. The average molecular weight is 225 g/mol. The van der Waals surface area contributed by atoms with E-state index in [9.17, 15) is 4.79 Å². The molecular formula is C9H15N5O2. The summed E-state index contributed by atoms with van der Waals surface area (Å²) in [7, 11) is 0. The zero-order chi connectivity index (χ0) is 11.5. The normalized spacial score (nSPS) is 22.6. The van der Waals surface area contributed by atoms with Crippen molar-refractivity contribution in [1.29, 1.82) is 0 Å². The van der Waals surface area contributed by atoms with Gasteiger partial charge in [0.1, 0.15) is 6.04 Å². The number of amides is 1. The highest BCUT2D eigenvalue weighted by molar-refractivity contribution is 5.84. The largest absolute Gasteiger partial charge is 0.406 e. The van der Waals surface area contributed by atoms with Gasteiger partial charge < -0.3 is 20.8 Å². The molecule has 2 atom stereocenters. The standard InChI is InChI=1S/C9H15N5O2/c1-5(10)8-13-14-9(16-8)12-6-3-2-4-11-7(6)15/h5-6H,2-4,10H2,1H3,(H,11,15)(H,12,14). The molecule has 1 saturated heterocycles. The molecule has 88 valence electrons. The van der Waals surface area contributed by atoms with Crippen LogP contribution in [0.1, 0.15) is 31.7 Å². The lowest BCUT2D eigenvalue weighted by Crippen LogP contribution is -2.44. The Bertz CT molecular complexity index is 376. The maximum atomic E-state index is 11.5. The van der Waals surface area contributed by atoms with Crippen LogP contribution in [-0.4, -0.2) is 28.7 Å². The molecule has 16 heavy (non-hydrogen) atoms. The molecule has 4 N–H and O–H groups in total. The number of piperidine rings is 1. The topological polar surface area (TPSA) is 106 Å². The summed E-state index contributed by atoms with van der Waals surface area (Å²) in [5, 5.41) is 13.2. The maximum Gasteiger partial charge on any atom is 0.316 e. The summed E-state index contributed by atoms with van der Waals surface area (Å²) in [4.78, 5) is 11.5. The summed E-state index contributed by atoms with van der Waals surface area (Å²) in [5.74, 6) is 0.325. The summed E-state index contributed by atoms with van der Waals surface area (Å²) in [6.45, 7) is 2.48. The van der Waals surface area contributed by atoms with Gasteiger partial charge in [-0.15, -0.1) is 5.10 Å². The Morgan fingerprint density at radius 2 is 2.44 bits per heavy atom. The van der Waals surface area contributed by atoms with Crippen LogP contribution in [0.15, 0.2) is 4.42 Å². The zero-order valence-corrected chi connectivity index (χ0v) is 9.06. The molecule has 1 amide bonds. The van der Waals surface area contributed by atoms with Crippen molar-refractivity contribution in [1.82, 2.24) is 15.5 Å². The minimum atomic E-state index is -0.303. The van der Waals surface area contributed by atoms with E-state index < -0.39 is 0 Å². The Kier molecular flexibility index (Phi) is 3.04. The molecule has 2 unspecified atom stereocenters. The summed E-state index contributed by atoms with van der Waals surface area (Å²) in [6.07, 6.45) is 1.71. The van der Waals surface area contributed by atoms with E-state index in [1.54, 1.807) is 6.92 Å². The first kappa shape index (κ1) is 10.9. The lowest BCUT2D eigenvalue weighted by molar-refractivity contribution is -0.123. The van der Waals surface area contributed by atoms with Crippen LogP contribution < -0.4 is 16.4 Å². The second-order valence-electron chi connectivity index (χ2n) is 3.86. The Labute approximate surface area is 92.8 Å². The number of hydrogen-bond acceptors (Lipinski definition) is 6. The van der Waals surface area contributed by atoms with E-state index in [2.05, 4.69) is 20.8 Å². The Morgan fingerprint density at radius 1 is 1.62 bits per heavy atom.